The van der Waals surface area contributed by atoms with Crippen LogP contribution in [0.3, 0.4) is 0 Å². The van der Waals surface area contributed by atoms with Crippen LogP contribution in [0.2, 0.25) is 0 Å². The van der Waals surface area contributed by atoms with Gasteiger partial charge in [0, 0.05) is 24.9 Å². The minimum absolute atomic E-state index is 0.114. The fourth-order valence-corrected chi connectivity index (χ4v) is 2.60. The largest absolute Gasteiger partial charge is 0.354 e. The standard InChI is InChI=1S/C18H36N2O2/c1-5-9-11-15(7-3)17(21)19-13-14-20-18(22)16(8-4)12-10-6-2/h15-16H,5-14H2,1-4H3,(H,19,21)(H,20,22). The molecule has 0 heterocycles. The van der Waals surface area contributed by atoms with Gasteiger partial charge in [-0.1, -0.05) is 53.4 Å². The molecule has 0 rings (SSSR count). The van der Waals surface area contributed by atoms with Gasteiger partial charge in [-0.05, 0) is 25.7 Å². The third-order valence-electron chi connectivity index (χ3n) is 4.26. The summed E-state index contributed by atoms with van der Waals surface area (Å²) in [5, 5.41) is 5.89. The number of rotatable bonds is 13. The third kappa shape index (κ3) is 9.06. The van der Waals surface area contributed by atoms with Gasteiger partial charge >= 0.3 is 0 Å². The molecule has 0 aliphatic rings. The van der Waals surface area contributed by atoms with Crippen LogP contribution in [0.15, 0.2) is 0 Å². The van der Waals surface area contributed by atoms with E-state index in [0.717, 1.165) is 51.4 Å². The van der Waals surface area contributed by atoms with E-state index in [-0.39, 0.29) is 23.7 Å². The Labute approximate surface area is 136 Å². The molecule has 0 saturated carbocycles. The second-order valence-corrected chi connectivity index (χ2v) is 6.08. The number of unbranched alkanes of at least 4 members (excludes halogenated alkanes) is 2. The summed E-state index contributed by atoms with van der Waals surface area (Å²) >= 11 is 0. The average molecular weight is 312 g/mol. The van der Waals surface area contributed by atoms with E-state index in [1.807, 2.05) is 0 Å². The molecule has 0 fully saturated rings. The van der Waals surface area contributed by atoms with E-state index < -0.39 is 0 Å². The highest BCUT2D eigenvalue weighted by Gasteiger charge is 2.17. The lowest BCUT2D eigenvalue weighted by Crippen LogP contribution is -2.39. The van der Waals surface area contributed by atoms with Crippen molar-refractivity contribution < 1.29 is 9.59 Å². The third-order valence-corrected chi connectivity index (χ3v) is 4.26. The minimum Gasteiger partial charge on any atom is -0.354 e. The van der Waals surface area contributed by atoms with Gasteiger partial charge < -0.3 is 10.6 Å². The Bertz CT molecular complexity index is 275. The van der Waals surface area contributed by atoms with Crippen LogP contribution in [0.1, 0.15) is 79.1 Å². The molecule has 0 aliphatic heterocycles. The molecule has 0 saturated heterocycles. The molecule has 2 amide bonds. The van der Waals surface area contributed by atoms with E-state index in [1.165, 1.54) is 0 Å². The lowest BCUT2D eigenvalue weighted by Gasteiger charge is -2.16. The zero-order chi connectivity index (χ0) is 16.8. The molecule has 0 aromatic carbocycles. The molecular formula is C18H36N2O2. The maximum absolute atomic E-state index is 12.0. The minimum atomic E-state index is 0.114. The summed E-state index contributed by atoms with van der Waals surface area (Å²) in [6.07, 6.45) is 8.11. The summed E-state index contributed by atoms with van der Waals surface area (Å²) in [6, 6.07) is 0. The highest BCUT2D eigenvalue weighted by molar-refractivity contribution is 5.79. The van der Waals surface area contributed by atoms with Gasteiger partial charge in [0.2, 0.25) is 11.8 Å². The van der Waals surface area contributed by atoms with Crippen LogP contribution in [0, 0.1) is 11.8 Å². The predicted molar refractivity (Wildman–Crippen MR) is 92.6 cm³/mol. The zero-order valence-corrected chi connectivity index (χ0v) is 15.0. The first-order valence-corrected chi connectivity index (χ1v) is 9.15. The quantitative estimate of drug-likeness (QED) is 0.510. The van der Waals surface area contributed by atoms with Gasteiger partial charge in [0.25, 0.3) is 0 Å². The Morgan fingerprint density at radius 1 is 0.727 bits per heavy atom. The lowest BCUT2D eigenvalue weighted by molar-refractivity contribution is -0.127. The van der Waals surface area contributed by atoms with Crippen LogP contribution in [-0.2, 0) is 9.59 Å². The van der Waals surface area contributed by atoms with Gasteiger partial charge in [0.1, 0.15) is 0 Å². The molecule has 4 nitrogen and oxygen atoms in total. The SMILES string of the molecule is CCCCC(CC)C(=O)NCCNC(=O)C(CC)CCCC. The van der Waals surface area contributed by atoms with Crippen LogP contribution in [-0.4, -0.2) is 24.9 Å². The van der Waals surface area contributed by atoms with Gasteiger partial charge in [-0.25, -0.2) is 0 Å². The maximum Gasteiger partial charge on any atom is 0.223 e. The molecule has 2 unspecified atom stereocenters. The molecule has 22 heavy (non-hydrogen) atoms. The molecule has 0 radical (unpaired) electrons. The van der Waals surface area contributed by atoms with Crippen molar-refractivity contribution in [2.45, 2.75) is 79.1 Å². The van der Waals surface area contributed by atoms with E-state index >= 15 is 0 Å². The number of nitrogens with one attached hydrogen (secondary N) is 2. The Hall–Kier alpha value is -1.06. The van der Waals surface area contributed by atoms with Crippen LogP contribution >= 0.6 is 0 Å². The number of carbonyl (C=O) groups excluding carboxylic acids is 2. The number of hydrogen-bond donors (Lipinski definition) is 2. The summed E-state index contributed by atoms with van der Waals surface area (Å²) in [5.74, 6) is 0.485. The first-order chi connectivity index (χ1) is 10.6. The highest BCUT2D eigenvalue weighted by atomic mass is 16.2. The molecule has 0 aliphatic carbocycles. The molecule has 0 bridgehead atoms. The molecular weight excluding hydrogens is 276 g/mol. The molecule has 2 N–H and O–H groups in total. The molecule has 0 aromatic heterocycles. The van der Waals surface area contributed by atoms with Gasteiger partial charge in [-0.15, -0.1) is 0 Å². The van der Waals surface area contributed by atoms with Crippen LogP contribution in [0.5, 0.6) is 0 Å². The Morgan fingerprint density at radius 3 is 1.36 bits per heavy atom. The van der Waals surface area contributed by atoms with E-state index in [2.05, 4.69) is 38.3 Å². The van der Waals surface area contributed by atoms with Crippen molar-refractivity contribution >= 4 is 11.8 Å². The summed E-state index contributed by atoms with van der Waals surface area (Å²) in [4.78, 5) is 24.1. The Morgan fingerprint density at radius 2 is 1.09 bits per heavy atom. The Kier molecular flexibility index (Phi) is 12.9. The van der Waals surface area contributed by atoms with Crippen molar-refractivity contribution in [3.8, 4) is 0 Å². The van der Waals surface area contributed by atoms with Crippen molar-refractivity contribution in [2.75, 3.05) is 13.1 Å². The van der Waals surface area contributed by atoms with Crippen molar-refractivity contribution in [1.82, 2.24) is 10.6 Å². The van der Waals surface area contributed by atoms with E-state index in [9.17, 15) is 9.59 Å². The summed E-state index contributed by atoms with van der Waals surface area (Å²) in [7, 11) is 0. The second kappa shape index (κ2) is 13.6. The number of carbonyl (C=O) groups is 2. The fraction of sp³-hybridized carbons (Fsp3) is 0.889. The molecule has 0 aromatic rings. The number of amides is 2. The van der Waals surface area contributed by atoms with E-state index in [0.29, 0.717) is 13.1 Å². The second-order valence-electron chi connectivity index (χ2n) is 6.08. The van der Waals surface area contributed by atoms with Crippen molar-refractivity contribution in [3.63, 3.8) is 0 Å². The van der Waals surface area contributed by atoms with E-state index in [1.54, 1.807) is 0 Å². The van der Waals surface area contributed by atoms with Gasteiger partial charge in [0.05, 0.1) is 0 Å². The lowest BCUT2D eigenvalue weighted by atomic mass is 9.98. The van der Waals surface area contributed by atoms with Crippen molar-refractivity contribution in [3.05, 3.63) is 0 Å². The smallest absolute Gasteiger partial charge is 0.223 e. The summed E-state index contributed by atoms with van der Waals surface area (Å²) < 4.78 is 0. The van der Waals surface area contributed by atoms with Gasteiger partial charge in [0.15, 0.2) is 0 Å². The Balaban J connectivity index is 3.94. The van der Waals surface area contributed by atoms with E-state index in [4.69, 9.17) is 0 Å². The number of hydrogen-bond acceptors (Lipinski definition) is 2. The van der Waals surface area contributed by atoms with Crippen LogP contribution in [0.4, 0.5) is 0 Å². The highest BCUT2D eigenvalue weighted by Crippen LogP contribution is 2.13. The van der Waals surface area contributed by atoms with Gasteiger partial charge in [-0.3, -0.25) is 9.59 Å². The predicted octanol–water partition coefficient (Wildman–Crippen LogP) is 3.65. The van der Waals surface area contributed by atoms with Crippen molar-refractivity contribution in [2.24, 2.45) is 11.8 Å². The summed E-state index contributed by atoms with van der Waals surface area (Å²) in [6.45, 7) is 9.45. The first kappa shape index (κ1) is 20.9. The topological polar surface area (TPSA) is 58.2 Å². The van der Waals surface area contributed by atoms with Crippen LogP contribution in [0.25, 0.3) is 0 Å². The normalized spacial score (nSPS) is 13.5. The average Bonchev–Trinajstić information content (AvgIpc) is 2.53. The van der Waals surface area contributed by atoms with Crippen LogP contribution < -0.4 is 10.6 Å². The molecule has 130 valence electrons. The monoisotopic (exact) mass is 312 g/mol. The van der Waals surface area contributed by atoms with Gasteiger partial charge in [-0.2, -0.15) is 0 Å². The van der Waals surface area contributed by atoms with Crippen molar-refractivity contribution in [1.29, 1.82) is 0 Å². The maximum atomic E-state index is 12.0. The molecule has 4 heteroatoms. The molecule has 2 atom stereocenters. The first-order valence-electron chi connectivity index (χ1n) is 9.15. The summed E-state index contributed by atoms with van der Waals surface area (Å²) in [5.41, 5.74) is 0. The molecule has 0 spiro atoms. The zero-order valence-electron chi connectivity index (χ0n) is 15.0. The fourth-order valence-electron chi connectivity index (χ4n) is 2.60.